The van der Waals surface area contributed by atoms with Crippen LogP contribution in [0.15, 0.2) is 24.3 Å². The van der Waals surface area contributed by atoms with E-state index >= 15 is 0 Å². The molecule has 1 atom stereocenters. The normalized spacial score (nSPS) is 17.9. The monoisotopic (exact) mass is 317 g/mol. The van der Waals surface area contributed by atoms with E-state index in [0.717, 1.165) is 25.1 Å². The zero-order valence-electron chi connectivity index (χ0n) is 14.3. The topological polar surface area (TPSA) is 61.4 Å². The molecule has 5 heteroatoms. The van der Waals surface area contributed by atoms with Gasteiger partial charge >= 0.3 is 6.03 Å². The van der Waals surface area contributed by atoms with Crippen molar-refractivity contribution in [3.8, 4) is 0 Å². The van der Waals surface area contributed by atoms with Gasteiger partial charge in [-0.25, -0.2) is 4.79 Å². The zero-order valence-corrected chi connectivity index (χ0v) is 14.3. The molecule has 2 N–H and O–H groups in total. The predicted molar refractivity (Wildman–Crippen MR) is 92.3 cm³/mol. The van der Waals surface area contributed by atoms with Crippen LogP contribution >= 0.6 is 0 Å². The van der Waals surface area contributed by atoms with Crippen molar-refractivity contribution < 1.29 is 9.59 Å². The molecule has 0 radical (unpaired) electrons. The maximum atomic E-state index is 12.4. The van der Waals surface area contributed by atoms with E-state index in [9.17, 15) is 9.59 Å². The highest BCUT2D eigenvalue weighted by Gasteiger charge is 2.24. The number of nitrogens with zero attached hydrogens (tertiary/aromatic N) is 1. The molecule has 1 aliphatic heterocycles. The molecule has 0 unspecified atom stereocenters. The number of piperidine rings is 1. The second-order valence-electron chi connectivity index (χ2n) is 6.65. The maximum Gasteiger partial charge on any atom is 0.321 e. The van der Waals surface area contributed by atoms with Crippen molar-refractivity contribution in [2.45, 2.75) is 33.6 Å². The number of rotatable bonds is 4. The first-order chi connectivity index (χ1) is 11.0. The summed E-state index contributed by atoms with van der Waals surface area (Å²) < 4.78 is 0. The van der Waals surface area contributed by atoms with Crippen molar-refractivity contribution in [2.75, 3.05) is 25.0 Å². The molecule has 5 nitrogen and oxygen atoms in total. The zero-order chi connectivity index (χ0) is 16.8. The molecule has 23 heavy (non-hydrogen) atoms. The lowest BCUT2D eigenvalue weighted by atomic mass is 9.98. The minimum absolute atomic E-state index is 0.000436. The van der Waals surface area contributed by atoms with E-state index in [1.165, 1.54) is 5.56 Å². The van der Waals surface area contributed by atoms with Crippen molar-refractivity contribution in [2.24, 2.45) is 11.8 Å². The lowest BCUT2D eigenvalue weighted by molar-refractivity contribution is -0.124. The molecule has 1 aromatic rings. The van der Waals surface area contributed by atoms with Gasteiger partial charge in [-0.2, -0.15) is 0 Å². The Bertz CT molecular complexity index is 540. The highest BCUT2D eigenvalue weighted by Crippen LogP contribution is 2.17. The fourth-order valence-corrected chi connectivity index (χ4v) is 2.70. The van der Waals surface area contributed by atoms with Crippen LogP contribution in [0, 0.1) is 18.8 Å². The third-order valence-electron chi connectivity index (χ3n) is 4.20. The number of benzene rings is 1. The first kappa shape index (κ1) is 17.3. The van der Waals surface area contributed by atoms with Crippen molar-refractivity contribution in [3.63, 3.8) is 0 Å². The van der Waals surface area contributed by atoms with E-state index in [1.54, 1.807) is 0 Å². The molecule has 1 fully saturated rings. The molecule has 1 heterocycles. The largest absolute Gasteiger partial charge is 0.356 e. The molecule has 3 amide bonds. The van der Waals surface area contributed by atoms with Crippen LogP contribution in [0.2, 0.25) is 0 Å². The van der Waals surface area contributed by atoms with E-state index in [1.807, 2.05) is 49.9 Å². The molecule has 0 saturated carbocycles. The Kier molecular flexibility index (Phi) is 6.02. The van der Waals surface area contributed by atoms with Crippen LogP contribution in [0.4, 0.5) is 10.5 Å². The first-order valence-corrected chi connectivity index (χ1v) is 8.36. The summed E-state index contributed by atoms with van der Waals surface area (Å²) in [6.45, 7) is 7.90. The van der Waals surface area contributed by atoms with Crippen LogP contribution < -0.4 is 10.6 Å². The summed E-state index contributed by atoms with van der Waals surface area (Å²) in [5, 5.41) is 5.91. The van der Waals surface area contributed by atoms with Crippen molar-refractivity contribution in [3.05, 3.63) is 29.8 Å². The summed E-state index contributed by atoms with van der Waals surface area (Å²) >= 11 is 0. The SMILES string of the molecule is Cc1ccc(NC(=O)N2CCC[C@@H](CNC(=O)C(C)C)C2)cc1. The number of likely N-dealkylation sites (tertiary alicyclic amines) is 1. The third kappa shape index (κ3) is 5.27. The molecule has 0 aromatic heterocycles. The van der Waals surface area contributed by atoms with Gasteiger partial charge in [0.1, 0.15) is 0 Å². The maximum absolute atomic E-state index is 12.4. The fourth-order valence-electron chi connectivity index (χ4n) is 2.70. The fraction of sp³-hybridized carbons (Fsp3) is 0.556. The van der Waals surface area contributed by atoms with Gasteiger partial charge in [-0.05, 0) is 37.8 Å². The number of amides is 3. The molecular formula is C18H27N3O2. The van der Waals surface area contributed by atoms with Gasteiger partial charge < -0.3 is 15.5 Å². The Balaban J connectivity index is 1.83. The highest BCUT2D eigenvalue weighted by molar-refractivity contribution is 5.89. The summed E-state index contributed by atoms with van der Waals surface area (Å²) in [5.74, 6) is 0.404. The number of aryl methyl sites for hydroxylation is 1. The smallest absolute Gasteiger partial charge is 0.321 e. The lowest BCUT2D eigenvalue weighted by Gasteiger charge is -2.33. The van der Waals surface area contributed by atoms with Crippen LogP contribution in [0.3, 0.4) is 0 Å². The number of hydrogen-bond donors (Lipinski definition) is 2. The summed E-state index contributed by atoms with van der Waals surface area (Å²) in [4.78, 5) is 25.9. The molecule has 0 aliphatic carbocycles. The molecule has 0 bridgehead atoms. The van der Waals surface area contributed by atoms with Gasteiger partial charge in [0.2, 0.25) is 5.91 Å². The van der Waals surface area contributed by atoms with Crippen LogP contribution in [-0.4, -0.2) is 36.5 Å². The second-order valence-corrected chi connectivity index (χ2v) is 6.65. The van der Waals surface area contributed by atoms with Crippen molar-refractivity contribution in [1.82, 2.24) is 10.2 Å². The summed E-state index contributed by atoms with van der Waals surface area (Å²) in [5.41, 5.74) is 1.98. The number of nitrogens with one attached hydrogen (secondary N) is 2. The number of urea groups is 1. The van der Waals surface area contributed by atoms with Gasteiger partial charge in [-0.1, -0.05) is 31.5 Å². The van der Waals surface area contributed by atoms with Gasteiger partial charge in [-0.3, -0.25) is 4.79 Å². The molecule has 2 rings (SSSR count). The summed E-state index contributed by atoms with van der Waals surface area (Å²) in [6.07, 6.45) is 2.02. The molecule has 1 saturated heterocycles. The Morgan fingerprint density at radius 3 is 2.61 bits per heavy atom. The molecular weight excluding hydrogens is 290 g/mol. The Labute approximate surface area is 138 Å². The van der Waals surface area contributed by atoms with E-state index < -0.39 is 0 Å². The standard InChI is InChI=1S/C18H27N3O2/c1-13(2)17(22)19-11-15-5-4-10-21(12-15)18(23)20-16-8-6-14(3)7-9-16/h6-9,13,15H,4-5,10-12H2,1-3H3,(H,19,22)(H,20,23)/t15-/m0/s1. The molecule has 0 spiro atoms. The van der Waals surface area contributed by atoms with E-state index in [0.29, 0.717) is 19.0 Å². The Morgan fingerprint density at radius 2 is 1.96 bits per heavy atom. The number of carbonyl (C=O) groups is 2. The minimum Gasteiger partial charge on any atom is -0.356 e. The average Bonchev–Trinajstić information content (AvgIpc) is 2.54. The van der Waals surface area contributed by atoms with Gasteiger partial charge in [0.15, 0.2) is 0 Å². The van der Waals surface area contributed by atoms with Crippen molar-refractivity contribution >= 4 is 17.6 Å². The van der Waals surface area contributed by atoms with Gasteiger partial charge in [0, 0.05) is 31.2 Å². The van der Waals surface area contributed by atoms with Crippen LogP contribution in [0.25, 0.3) is 0 Å². The number of carbonyl (C=O) groups excluding carboxylic acids is 2. The quantitative estimate of drug-likeness (QED) is 0.897. The molecule has 1 aromatic carbocycles. The number of anilines is 1. The average molecular weight is 317 g/mol. The van der Waals surface area contributed by atoms with Gasteiger partial charge in [-0.15, -0.1) is 0 Å². The van der Waals surface area contributed by atoms with Crippen LogP contribution in [-0.2, 0) is 4.79 Å². The van der Waals surface area contributed by atoms with E-state index in [4.69, 9.17) is 0 Å². The van der Waals surface area contributed by atoms with E-state index in [2.05, 4.69) is 10.6 Å². The molecule has 1 aliphatic rings. The lowest BCUT2D eigenvalue weighted by Crippen LogP contribution is -2.45. The first-order valence-electron chi connectivity index (χ1n) is 8.36. The van der Waals surface area contributed by atoms with Crippen LogP contribution in [0.1, 0.15) is 32.3 Å². The van der Waals surface area contributed by atoms with Gasteiger partial charge in [0.25, 0.3) is 0 Å². The van der Waals surface area contributed by atoms with E-state index in [-0.39, 0.29) is 17.9 Å². The third-order valence-corrected chi connectivity index (χ3v) is 4.20. The number of hydrogen-bond acceptors (Lipinski definition) is 2. The Hall–Kier alpha value is -2.04. The predicted octanol–water partition coefficient (Wildman–Crippen LogP) is 3.01. The Morgan fingerprint density at radius 1 is 1.26 bits per heavy atom. The molecule has 126 valence electrons. The summed E-state index contributed by atoms with van der Waals surface area (Å²) in [6, 6.07) is 7.73. The van der Waals surface area contributed by atoms with Gasteiger partial charge in [0.05, 0.1) is 0 Å². The van der Waals surface area contributed by atoms with Crippen LogP contribution in [0.5, 0.6) is 0 Å². The highest BCUT2D eigenvalue weighted by atomic mass is 16.2. The van der Waals surface area contributed by atoms with Crippen molar-refractivity contribution in [1.29, 1.82) is 0 Å². The summed E-state index contributed by atoms with van der Waals surface area (Å²) in [7, 11) is 0. The minimum atomic E-state index is -0.0614. The second kappa shape index (κ2) is 7.99.